The molecular weight excluding hydrogens is 557 g/mol. The number of ether oxygens (including phenoxy) is 1. The molecule has 226 valence electrons. The normalized spacial score (nSPS) is 12.8. The molecule has 3 aromatic rings. The average Bonchev–Trinajstić information content (AvgIpc) is 2.95. The molecule has 0 aliphatic heterocycles. The summed E-state index contributed by atoms with van der Waals surface area (Å²) in [4.78, 5) is 40.2. The molecule has 1 aromatic heterocycles. The Labute approximate surface area is 239 Å². The topological polar surface area (TPSA) is 192 Å². The summed E-state index contributed by atoms with van der Waals surface area (Å²) >= 11 is 0. The smallest absolute Gasteiger partial charge is 0.406 e. The lowest BCUT2D eigenvalue weighted by Gasteiger charge is -2.23. The van der Waals surface area contributed by atoms with E-state index in [-0.39, 0.29) is 44.1 Å². The second kappa shape index (κ2) is 15.0. The first-order valence-electron chi connectivity index (χ1n) is 13.1. The van der Waals surface area contributed by atoms with E-state index in [0.717, 1.165) is 12.1 Å². The molecule has 2 atom stereocenters. The summed E-state index contributed by atoms with van der Waals surface area (Å²) in [7, 11) is 0. The van der Waals surface area contributed by atoms with Crippen molar-refractivity contribution in [2.75, 3.05) is 31.5 Å². The van der Waals surface area contributed by atoms with Gasteiger partial charge in [-0.3, -0.25) is 14.4 Å². The predicted molar refractivity (Wildman–Crippen MR) is 149 cm³/mol. The highest BCUT2D eigenvalue weighted by Crippen LogP contribution is 2.23. The molecule has 0 radical (unpaired) electrons. The Morgan fingerprint density at radius 2 is 1.62 bits per heavy atom. The minimum Gasteiger partial charge on any atom is -0.406 e. The lowest BCUT2D eigenvalue weighted by atomic mass is 10.0. The van der Waals surface area contributed by atoms with E-state index in [2.05, 4.69) is 25.6 Å². The maximum atomic E-state index is 13.3. The van der Waals surface area contributed by atoms with Gasteiger partial charge >= 0.3 is 6.36 Å². The lowest BCUT2D eigenvalue weighted by Crippen LogP contribution is -2.51. The zero-order chi connectivity index (χ0) is 30.7. The molecule has 0 bridgehead atoms. The zero-order valence-electron chi connectivity index (χ0n) is 22.6. The molecule has 12 nitrogen and oxygen atoms in total. The quantitative estimate of drug-likeness (QED) is 0.183. The summed E-state index contributed by atoms with van der Waals surface area (Å²) in [6, 6.07) is 11.3. The number of carbonyl (C=O) groups is 3. The summed E-state index contributed by atoms with van der Waals surface area (Å²) in [5.41, 5.74) is 18.2. The third kappa shape index (κ3) is 9.94. The molecule has 0 aliphatic rings. The predicted octanol–water partition coefficient (Wildman–Crippen LogP) is 1.05. The number of fused-ring (bicyclic) bond motifs is 1. The number of halogens is 3. The van der Waals surface area contributed by atoms with Crippen LogP contribution in [0.5, 0.6) is 5.75 Å². The van der Waals surface area contributed by atoms with Crippen molar-refractivity contribution >= 4 is 34.4 Å². The van der Waals surface area contributed by atoms with Crippen molar-refractivity contribution in [3.05, 3.63) is 60.2 Å². The number of carbonyl (C=O) groups excluding carboxylic acids is 3. The van der Waals surface area contributed by atoms with Gasteiger partial charge in [0.15, 0.2) is 5.82 Å². The number of nitrogens with two attached hydrogens (primary N) is 3. The monoisotopic (exact) mass is 590 g/mol. The summed E-state index contributed by atoms with van der Waals surface area (Å²) in [6.07, 6.45) is -5.01. The van der Waals surface area contributed by atoms with Crippen molar-refractivity contribution in [1.82, 2.24) is 20.4 Å². The molecule has 2 aromatic carbocycles. The molecule has 2 unspecified atom stereocenters. The Morgan fingerprint density at radius 1 is 0.952 bits per heavy atom. The zero-order valence-corrected chi connectivity index (χ0v) is 22.6. The lowest BCUT2D eigenvalue weighted by molar-refractivity contribution is -0.274. The first-order valence-corrected chi connectivity index (χ1v) is 13.1. The molecule has 0 fully saturated rings. The van der Waals surface area contributed by atoms with Gasteiger partial charge in [-0.05, 0) is 36.2 Å². The number of rotatable bonds is 14. The van der Waals surface area contributed by atoms with Crippen LogP contribution in [0.3, 0.4) is 0 Å². The summed E-state index contributed by atoms with van der Waals surface area (Å²) in [6.45, 7) is 1.12. The molecule has 15 heteroatoms. The first kappa shape index (κ1) is 32.2. The van der Waals surface area contributed by atoms with Crippen LogP contribution in [0, 0.1) is 0 Å². The van der Waals surface area contributed by atoms with Gasteiger partial charge in [0.1, 0.15) is 11.8 Å². The summed E-state index contributed by atoms with van der Waals surface area (Å²) < 4.78 is 41.5. The van der Waals surface area contributed by atoms with Crippen LogP contribution >= 0.6 is 0 Å². The molecule has 8 N–H and O–H groups in total. The van der Waals surface area contributed by atoms with Gasteiger partial charge < -0.3 is 37.5 Å². The molecule has 3 rings (SSSR count). The van der Waals surface area contributed by atoms with Gasteiger partial charge in [0.05, 0.1) is 11.6 Å². The number of alkyl halides is 3. The number of anilines is 1. The van der Waals surface area contributed by atoms with Gasteiger partial charge in [0.25, 0.3) is 0 Å². The number of nitrogens with zero attached hydrogens (tertiary/aromatic N) is 3. The first-order chi connectivity index (χ1) is 20.0. The highest BCUT2D eigenvalue weighted by Gasteiger charge is 2.31. The van der Waals surface area contributed by atoms with E-state index in [4.69, 9.17) is 17.2 Å². The van der Waals surface area contributed by atoms with Crippen molar-refractivity contribution in [3.8, 4) is 5.75 Å². The van der Waals surface area contributed by atoms with Crippen LogP contribution in [0.1, 0.15) is 18.4 Å². The molecular formula is C27H33F3N8O4. The van der Waals surface area contributed by atoms with Crippen LogP contribution in [0.2, 0.25) is 0 Å². The number of benzene rings is 2. The van der Waals surface area contributed by atoms with E-state index in [9.17, 15) is 27.6 Å². The molecule has 0 saturated heterocycles. The molecule has 0 saturated carbocycles. The van der Waals surface area contributed by atoms with E-state index >= 15 is 0 Å². The maximum Gasteiger partial charge on any atom is 0.573 e. The average molecular weight is 591 g/mol. The third-order valence-electron chi connectivity index (χ3n) is 6.13. The minimum absolute atomic E-state index is 0.00965. The standard InChI is InChI=1S/C27H33F3N8O4/c28-27(29,30)42-19-7-5-17(6-8-19)15-22(26(41)35-23-16-18-3-1-2-4-21(18)36-37-23)34-25(40)20(33)9-10-24(39)38(13-11-31)14-12-32/h1-8,16,20,22H,9-15,31-33H2,(H,34,40)(H,35,37,41). The van der Waals surface area contributed by atoms with Crippen molar-refractivity contribution in [3.63, 3.8) is 0 Å². The number of aromatic nitrogens is 2. The number of nitrogens with one attached hydrogen (secondary N) is 2. The highest BCUT2D eigenvalue weighted by molar-refractivity contribution is 5.98. The SMILES string of the molecule is NCCN(CCN)C(=O)CCC(N)C(=O)NC(Cc1ccc(OC(F)(F)F)cc1)C(=O)Nc1cc2ccccc2nn1. The fourth-order valence-corrected chi connectivity index (χ4v) is 4.05. The van der Waals surface area contributed by atoms with Crippen LogP contribution in [0.4, 0.5) is 19.0 Å². The van der Waals surface area contributed by atoms with Crippen molar-refractivity contribution in [1.29, 1.82) is 0 Å². The van der Waals surface area contributed by atoms with E-state index in [1.165, 1.54) is 17.0 Å². The fourth-order valence-electron chi connectivity index (χ4n) is 4.05. The van der Waals surface area contributed by atoms with Crippen LogP contribution in [-0.2, 0) is 20.8 Å². The Hall–Kier alpha value is -4.34. The Balaban J connectivity index is 1.72. The van der Waals surface area contributed by atoms with E-state index in [0.29, 0.717) is 29.6 Å². The Morgan fingerprint density at radius 3 is 2.26 bits per heavy atom. The van der Waals surface area contributed by atoms with Crippen LogP contribution in [0.25, 0.3) is 10.9 Å². The molecule has 3 amide bonds. The van der Waals surface area contributed by atoms with E-state index < -0.39 is 36.0 Å². The third-order valence-corrected chi connectivity index (χ3v) is 6.13. The number of hydrogen-bond donors (Lipinski definition) is 5. The molecule has 42 heavy (non-hydrogen) atoms. The number of amides is 3. The fraction of sp³-hybridized carbons (Fsp3) is 0.370. The van der Waals surface area contributed by atoms with Gasteiger partial charge in [0.2, 0.25) is 17.7 Å². The Kier molecular flexibility index (Phi) is 11.5. The highest BCUT2D eigenvalue weighted by atomic mass is 19.4. The number of hydrogen-bond acceptors (Lipinski definition) is 9. The van der Waals surface area contributed by atoms with Crippen LogP contribution < -0.4 is 32.6 Å². The molecule has 1 heterocycles. The largest absolute Gasteiger partial charge is 0.573 e. The van der Waals surface area contributed by atoms with Crippen molar-refractivity contribution < 1.29 is 32.3 Å². The summed E-state index contributed by atoms with van der Waals surface area (Å²) in [5.74, 6) is -1.94. The minimum atomic E-state index is -4.86. The second-order valence-electron chi connectivity index (χ2n) is 9.34. The maximum absolute atomic E-state index is 13.3. The van der Waals surface area contributed by atoms with Crippen LogP contribution in [0.15, 0.2) is 54.6 Å². The van der Waals surface area contributed by atoms with Crippen molar-refractivity contribution in [2.45, 2.75) is 37.7 Å². The van der Waals surface area contributed by atoms with E-state index in [1.54, 1.807) is 30.3 Å². The van der Waals surface area contributed by atoms with Gasteiger partial charge in [0, 0.05) is 44.4 Å². The van der Waals surface area contributed by atoms with Gasteiger partial charge in [-0.25, -0.2) is 0 Å². The molecule has 0 aliphatic carbocycles. The van der Waals surface area contributed by atoms with Gasteiger partial charge in [-0.15, -0.1) is 23.4 Å². The Bertz CT molecular complexity index is 1350. The van der Waals surface area contributed by atoms with E-state index in [1.807, 2.05) is 0 Å². The van der Waals surface area contributed by atoms with Gasteiger partial charge in [-0.1, -0.05) is 30.3 Å². The van der Waals surface area contributed by atoms with Gasteiger partial charge in [-0.2, -0.15) is 0 Å². The second-order valence-corrected chi connectivity index (χ2v) is 9.34. The molecule has 0 spiro atoms. The van der Waals surface area contributed by atoms with Crippen LogP contribution in [-0.4, -0.2) is 77.4 Å². The van der Waals surface area contributed by atoms with Crippen molar-refractivity contribution in [2.24, 2.45) is 17.2 Å². The summed E-state index contributed by atoms with van der Waals surface area (Å²) in [5, 5.41) is 13.9.